The van der Waals surface area contributed by atoms with Crippen molar-refractivity contribution in [3.8, 4) is 0 Å². The van der Waals surface area contributed by atoms with Crippen LogP contribution in [0.4, 0.5) is 0 Å². The van der Waals surface area contributed by atoms with Gasteiger partial charge >= 0.3 is 0 Å². The zero-order valence-electron chi connectivity index (χ0n) is 11.8. The van der Waals surface area contributed by atoms with Crippen molar-refractivity contribution in [1.82, 2.24) is 14.9 Å². The number of aryl methyl sites for hydroxylation is 1. The molecule has 1 heterocycles. The van der Waals surface area contributed by atoms with Crippen molar-refractivity contribution < 1.29 is 4.74 Å². The number of nitrogens with zero attached hydrogens (tertiary/aromatic N) is 2. The molecule has 4 heteroatoms. The quantitative estimate of drug-likeness (QED) is 0.855. The van der Waals surface area contributed by atoms with Gasteiger partial charge in [-0.1, -0.05) is 20.8 Å². The molecular formula is C13H25N3O. The van der Waals surface area contributed by atoms with Crippen LogP contribution < -0.4 is 5.32 Å². The highest BCUT2D eigenvalue weighted by molar-refractivity contribution is 5.04. The van der Waals surface area contributed by atoms with Crippen LogP contribution in [0.3, 0.4) is 0 Å². The summed E-state index contributed by atoms with van der Waals surface area (Å²) >= 11 is 0. The fourth-order valence-corrected chi connectivity index (χ4v) is 2.12. The smallest absolute Gasteiger partial charge is 0.128 e. The number of likely N-dealkylation sites (N-methyl/N-ethyl adjacent to an activating group) is 1. The topological polar surface area (TPSA) is 39.1 Å². The first-order chi connectivity index (χ1) is 7.91. The Balaban J connectivity index is 3.02. The lowest BCUT2D eigenvalue weighted by molar-refractivity contribution is -0.0374. The van der Waals surface area contributed by atoms with Crippen molar-refractivity contribution in [2.75, 3.05) is 13.7 Å². The Morgan fingerprint density at radius 2 is 2.12 bits per heavy atom. The Hall–Kier alpha value is -0.870. The summed E-state index contributed by atoms with van der Waals surface area (Å²) in [6.45, 7) is 9.33. The first-order valence-corrected chi connectivity index (χ1v) is 6.18. The summed E-state index contributed by atoms with van der Waals surface area (Å²) in [6.07, 6.45) is 3.88. The fourth-order valence-electron chi connectivity index (χ4n) is 2.12. The summed E-state index contributed by atoms with van der Waals surface area (Å²) in [7, 11) is 3.97. The molecule has 4 nitrogen and oxygen atoms in total. The minimum absolute atomic E-state index is 0.0651. The van der Waals surface area contributed by atoms with Gasteiger partial charge in [0.2, 0.25) is 0 Å². The molecule has 2 atom stereocenters. The molecule has 17 heavy (non-hydrogen) atoms. The molecule has 0 bridgehead atoms. The third kappa shape index (κ3) is 3.30. The first kappa shape index (κ1) is 14.2. The Bertz CT molecular complexity index is 341. The first-order valence-electron chi connectivity index (χ1n) is 6.18. The molecule has 1 rings (SSSR count). The third-order valence-electron chi connectivity index (χ3n) is 2.95. The molecule has 0 aromatic carbocycles. The van der Waals surface area contributed by atoms with Gasteiger partial charge in [-0.25, -0.2) is 4.98 Å². The lowest BCUT2D eigenvalue weighted by Crippen LogP contribution is -2.42. The molecule has 0 fully saturated rings. The van der Waals surface area contributed by atoms with E-state index in [0.717, 1.165) is 5.82 Å². The fraction of sp³-hybridized carbons (Fsp3) is 0.769. The zero-order chi connectivity index (χ0) is 13.1. The van der Waals surface area contributed by atoms with Crippen molar-refractivity contribution in [2.45, 2.75) is 39.8 Å². The molecule has 98 valence electrons. The summed E-state index contributed by atoms with van der Waals surface area (Å²) in [5.74, 6) is 1.01. The van der Waals surface area contributed by atoms with E-state index in [1.165, 1.54) is 0 Å². The van der Waals surface area contributed by atoms with Crippen LogP contribution in [0.15, 0.2) is 12.4 Å². The van der Waals surface area contributed by atoms with Gasteiger partial charge in [0.15, 0.2) is 0 Å². The van der Waals surface area contributed by atoms with Crippen molar-refractivity contribution in [2.24, 2.45) is 12.5 Å². The summed E-state index contributed by atoms with van der Waals surface area (Å²) in [5, 5.41) is 3.33. The van der Waals surface area contributed by atoms with E-state index in [2.05, 4.69) is 31.1 Å². The number of hydrogen-bond acceptors (Lipinski definition) is 3. The molecule has 0 saturated heterocycles. The van der Waals surface area contributed by atoms with E-state index in [4.69, 9.17) is 4.74 Å². The summed E-state index contributed by atoms with van der Waals surface area (Å²) in [5.41, 5.74) is 0.0651. The molecule has 1 aromatic rings. The maximum atomic E-state index is 5.92. The molecule has 2 unspecified atom stereocenters. The van der Waals surface area contributed by atoms with Gasteiger partial charge in [-0.3, -0.25) is 0 Å². The maximum Gasteiger partial charge on any atom is 0.128 e. The molecule has 0 aliphatic heterocycles. The highest BCUT2D eigenvalue weighted by atomic mass is 16.5. The normalized spacial score (nSPS) is 15.9. The third-order valence-corrected chi connectivity index (χ3v) is 2.95. The molecule has 0 spiro atoms. The Kier molecular flexibility index (Phi) is 4.71. The van der Waals surface area contributed by atoms with Crippen LogP contribution in [0.1, 0.15) is 39.6 Å². The van der Waals surface area contributed by atoms with Gasteiger partial charge in [-0.15, -0.1) is 0 Å². The highest BCUT2D eigenvalue weighted by Gasteiger charge is 2.34. The molecule has 0 aliphatic carbocycles. The number of hydrogen-bond donors (Lipinski definition) is 1. The SMILES string of the molecule is CCOC(C(NC)c1nccn1C)C(C)(C)C. The van der Waals surface area contributed by atoms with Gasteiger partial charge in [-0.2, -0.15) is 0 Å². The Morgan fingerprint density at radius 3 is 2.47 bits per heavy atom. The van der Waals surface area contributed by atoms with Crippen molar-refractivity contribution in [3.05, 3.63) is 18.2 Å². The van der Waals surface area contributed by atoms with Crippen LogP contribution in [0, 0.1) is 5.41 Å². The zero-order valence-corrected chi connectivity index (χ0v) is 11.8. The van der Waals surface area contributed by atoms with Crippen LogP contribution in [0.5, 0.6) is 0 Å². The number of nitrogens with one attached hydrogen (secondary N) is 1. The van der Waals surface area contributed by atoms with Gasteiger partial charge in [0.1, 0.15) is 5.82 Å². The van der Waals surface area contributed by atoms with E-state index in [0.29, 0.717) is 6.61 Å². The second-order valence-electron chi connectivity index (χ2n) is 5.40. The minimum atomic E-state index is 0.0651. The Labute approximate surface area is 104 Å². The minimum Gasteiger partial charge on any atom is -0.376 e. The van der Waals surface area contributed by atoms with E-state index in [1.54, 1.807) is 0 Å². The van der Waals surface area contributed by atoms with Crippen LogP contribution in [-0.2, 0) is 11.8 Å². The van der Waals surface area contributed by atoms with E-state index in [9.17, 15) is 0 Å². The monoisotopic (exact) mass is 239 g/mol. The molecule has 0 amide bonds. The summed E-state index contributed by atoms with van der Waals surface area (Å²) in [6, 6.07) is 0.106. The molecule has 0 radical (unpaired) electrons. The van der Waals surface area contributed by atoms with E-state index in [-0.39, 0.29) is 17.6 Å². The number of imidazole rings is 1. The lowest BCUT2D eigenvalue weighted by atomic mass is 9.84. The number of aromatic nitrogens is 2. The predicted octanol–water partition coefficient (Wildman–Crippen LogP) is 2.13. The van der Waals surface area contributed by atoms with Crippen molar-refractivity contribution in [1.29, 1.82) is 0 Å². The van der Waals surface area contributed by atoms with Crippen LogP contribution in [-0.4, -0.2) is 29.3 Å². The second-order valence-corrected chi connectivity index (χ2v) is 5.40. The largest absolute Gasteiger partial charge is 0.376 e. The molecule has 1 aromatic heterocycles. The van der Waals surface area contributed by atoms with Gasteiger partial charge in [0.25, 0.3) is 0 Å². The van der Waals surface area contributed by atoms with Crippen molar-refractivity contribution >= 4 is 0 Å². The van der Waals surface area contributed by atoms with E-state index in [1.807, 2.05) is 38.0 Å². The van der Waals surface area contributed by atoms with Crippen LogP contribution >= 0.6 is 0 Å². The van der Waals surface area contributed by atoms with Gasteiger partial charge in [0, 0.05) is 26.0 Å². The Morgan fingerprint density at radius 1 is 1.47 bits per heavy atom. The summed E-state index contributed by atoms with van der Waals surface area (Å²) < 4.78 is 7.96. The maximum absolute atomic E-state index is 5.92. The van der Waals surface area contributed by atoms with Crippen molar-refractivity contribution in [3.63, 3.8) is 0 Å². The molecular weight excluding hydrogens is 214 g/mol. The summed E-state index contributed by atoms with van der Waals surface area (Å²) in [4.78, 5) is 4.42. The molecule has 0 aliphatic rings. The molecule has 0 saturated carbocycles. The second kappa shape index (κ2) is 5.65. The van der Waals surface area contributed by atoms with Crippen LogP contribution in [0.2, 0.25) is 0 Å². The molecule has 1 N–H and O–H groups in total. The highest BCUT2D eigenvalue weighted by Crippen LogP contribution is 2.31. The standard InChI is InChI=1S/C13H25N3O/c1-7-17-11(13(2,3)4)10(14-5)12-15-8-9-16(12)6/h8-11,14H,7H2,1-6H3. The predicted molar refractivity (Wildman–Crippen MR) is 69.9 cm³/mol. The number of ether oxygens (including phenoxy) is 1. The van der Waals surface area contributed by atoms with E-state index < -0.39 is 0 Å². The average Bonchev–Trinajstić information content (AvgIpc) is 2.63. The van der Waals surface area contributed by atoms with Gasteiger partial charge < -0.3 is 14.6 Å². The van der Waals surface area contributed by atoms with Gasteiger partial charge in [0.05, 0.1) is 12.1 Å². The average molecular weight is 239 g/mol. The van der Waals surface area contributed by atoms with Crippen LogP contribution in [0.25, 0.3) is 0 Å². The lowest BCUT2D eigenvalue weighted by Gasteiger charge is -2.36. The number of rotatable bonds is 5. The van der Waals surface area contributed by atoms with E-state index >= 15 is 0 Å². The van der Waals surface area contributed by atoms with Gasteiger partial charge in [-0.05, 0) is 19.4 Å².